The Morgan fingerprint density at radius 2 is 0.415 bits per heavy atom. The van der Waals surface area contributed by atoms with Crippen LogP contribution in [0.4, 0.5) is 0 Å². The van der Waals surface area contributed by atoms with Crippen LogP contribution in [0.5, 0.6) is 0 Å². The summed E-state index contributed by atoms with van der Waals surface area (Å²) in [4.78, 5) is 28.9. The molecule has 7 aromatic heterocycles. The van der Waals surface area contributed by atoms with Crippen molar-refractivity contribution in [2.24, 2.45) is 0 Å². The minimum Gasteiger partial charge on any atom is -0.264 e. The molecule has 0 aliphatic carbocycles. The zero-order chi connectivity index (χ0) is 86.4. The Morgan fingerprint density at radius 1 is 0.179 bits per heavy atom. The molecule has 0 amide bonds. The Balaban J connectivity index is -0.0000000669. The molecule has 7 heterocycles. The molecule has 12 aromatic rings. The summed E-state index contributed by atoms with van der Waals surface area (Å²) in [7, 11) is 0. The quantitative estimate of drug-likeness (QED) is 0.159. The van der Waals surface area contributed by atoms with E-state index in [4.69, 9.17) is 0 Å². The summed E-state index contributed by atoms with van der Waals surface area (Å²) in [6.07, 6.45) is 16.1. The van der Waals surface area contributed by atoms with Crippen molar-refractivity contribution in [3.05, 3.63) is 237 Å². The summed E-state index contributed by atoms with van der Waals surface area (Å²) in [6, 6.07) is 57.1. The van der Waals surface area contributed by atoms with Gasteiger partial charge in [0.2, 0.25) is 0 Å². The fourth-order valence-electron chi connectivity index (χ4n) is 7.11. The lowest BCUT2D eigenvalue weighted by Crippen LogP contribution is -1.87. The molecule has 7 heteroatoms. The molecule has 0 radical (unpaired) electrons. The zero-order valence-electron chi connectivity index (χ0n) is 78.5. The first-order valence-electron chi connectivity index (χ1n) is 42.3. The number of hydrogen-bond acceptors (Lipinski definition) is 7. The average Bonchev–Trinajstić information content (AvgIpc) is 0.740. The molecule has 0 unspecified atom stereocenters. The van der Waals surface area contributed by atoms with Crippen LogP contribution in [0, 0.1) is 13.8 Å². The molecule has 0 aliphatic rings. The number of fused-ring (bicyclic) bond motifs is 2. The first-order chi connectivity index (χ1) is 52.6. The van der Waals surface area contributed by atoms with E-state index in [1.807, 2.05) is 432 Å². The van der Waals surface area contributed by atoms with E-state index in [2.05, 4.69) is 109 Å². The monoisotopic (exact) mass is 1460 g/mol. The molecule has 7 nitrogen and oxygen atoms in total. The van der Waals surface area contributed by atoms with Crippen LogP contribution in [0.1, 0.15) is 316 Å². The van der Waals surface area contributed by atoms with Crippen LogP contribution >= 0.6 is 0 Å². The second-order valence-corrected chi connectivity index (χ2v) is 14.3. The van der Waals surface area contributed by atoms with Crippen LogP contribution in [-0.4, -0.2) is 34.9 Å². The largest absolute Gasteiger partial charge is 0.264 e. The SMILES string of the molecule is CC.CC.CC.CC.CC.CC.CC.CC.CC.CC.CC.CC.CC.CC.CC.CC.CC.CC.CC.CC.CC.CC.Cc1ccc2ccc3c(C)ccc4ccc1c2c43.c1ccc(-c2ccccn2)nc1.c1ccc2ncccc2c1.c1cnc2cccnc2c1.c1cncc(-c2cccnc2)c1. The summed E-state index contributed by atoms with van der Waals surface area (Å²) in [5, 5.41) is 9.51. The van der Waals surface area contributed by atoms with E-state index < -0.39 is 0 Å². The normalized spacial score (nSPS) is 7.34. The lowest BCUT2D eigenvalue weighted by Gasteiger charge is -2.13. The third-order valence-electron chi connectivity index (χ3n) is 10.2. The lowest BCUT2D eigenvalue weighted by atomic mass is 9.91. The standard InChI is InChI=1S/C18H14.2C10H8N2.C9H7N.C8H6N2.22C2H6/c1-11-3-5-13-8-10-16-12(2)4-6-14-7-9-15(11)17(13)18(14)16;1-3-9(7-11-5-1)10-4-2-6-12-8-10;1-3-7-11-9(5-1)10-6-2-4-8-12-10;1-2-6-9-8(4-1)5-3-7-10-9;1-3-7-8(9-5-1)4-2-6-10-7;22*1-2/h3-10H,1-2H3;2*1-8H;1-7H;1-6H;22*1-2H3. The fourth-order valence-corrected chi connectivity index (χ4v) is 7.11. The Morgan fingerprint density at radius 3 is 0.689 bits per heavy atom. The highest BCUT2D eigenvalue weighted by atomic mass is 14.8. The highest BCUT2D eigenvalue weighted by Gasteiger charge is 2.10. The molecule has 0 saturated heterocycles. The first-order valence-corrected chi connectivity index (χ1v) is 42.3. The van der Waals surface area contributed by atoms with Gasteiger partial charge in [0.15, 0.2) is 0 Å². The Bertz CT molecular complexity index is 2830. The number of rotatable bonds is 2. The summed E-state index contributed by atoms with van der Waals surface area (Å²) in [6.45, 7) is 92.4. The molecular formula is C99H175N7. The van der Waals surface area contributed by atoms with Crippen LogP contribution in [0.25, 0.3) is 76.8 Å². The van der Waals surface area contributed by atoms with Gasteiger partial charge in [-0.15, -0.1) is 0 Å². The zero-order valence-corrected chi connectivity index (χ0v) is 78.5. The highest BCUT2D eigenvalue weighted by molar-refractivity contribution is 6.24. The Kier molecular flexibility index (Phi) is 159. The summed E-state index contributed by atoms with van der Waals surface area (Å²) < 4.78 is 0. The maximum absolute atomic E-state index is 4.19. The van der Waals surface area contributed by atoms with Gasteiger partial charge in [-0.1, -0.05) is 402 Å². The van der Waals surface area contributed by atoms with Gasteiger partial charge in [0.05, 0.1) is 27.9 Å². The van der Waals surface area contributed by atoms with Crippen LogP contribution in [-0.2, 0) is 0 Å². The number of benzene rings is 5. The van der Waals surface area contributed by atoms with Crippen LogP contribution in [0.3, 0.4) is 0 Å². The van der Waals surface area contributed by atoms with Gasteiger partial charge in [-0.05, 0) is 130 Å². The lowest BCUT2D eigenvalue weighted by molar-refractivity contribution is 1.25. The summed E-state index contributed by atoms with van der Waals surface area (Å²) in [5.41, 5.74) is 9.71. The van der Waals surface area contributed by atoms with Gasteiger partial charge < -0.3 is 0 Å². The van der Waals surface area contributed by atoms with Crippen molar-refractivity contribution in [2.45, 2.75) is 318 Å². The number of aromatic nitrogens is 7. The van der Waals surface area contributed by atoms with E-state index in [-0.39, 0.29) is 0 Å². The van der Waals surface area contributed by atoms with Crippen LogP contribution in [0.2, 0.25) is 0 Å². The molecule has 0 fully saturated rings. The predicted molar refractivity (Wildman–Crippen MR) is 505 cm³/mol. The molecule has 106 heavy (non-hydrogen) atoms. The number of hydrogen-bond donors (Lipinski definition) is 0. The molecule has 5 aromatic carbocycles. The molecule has 0 aliphatic heterocycles. The number of para-hydroxylation sites is 1. The van der Waals surface area contributed by atoms with Gasteiger partial charge in [0, 0.05) is 72.3 Å². The molecule has 0 atom stereocenters. The van der Waals surface area contributed by atoms with E-state index in [1.165, 1.54) is 48.8 Å². The molecule has 12 rings (SSSR count). The van der Waals surface area contributed by atoms with Gasteiger partial charge in [0.1, 0.15) is 0 Å². The number of nitrogens with zero attached hydrogens (tertiary/aromatic N) is 7. The smallest absolute Gasteiger partial charge is 0.0886 e. The van der Waals surface area contributed by atoms with Crippen molar-refractivity contribution in [1.82, 2.24) is 34.9 Å². The second-order valence-electron chi connectivity index (χ2n) is 14.3. The highest BCUT2D eigenvalue weighted by Crippen LogP contribution is 2.37. The average molecular weight is 1460 g/mol. The third kappa shape index (κ3) is 64.1. The van der Waals surface area contributed by atoms with Gasteiger partial charge in [-0.25, -0.2) is 0 Å². The molecule has 0 saturated carbocycles. The van der Waals surface area contributed by atoms with Crippen molar-refractivity contribution in [3.8, 4) is 22.5 Å². The van der Waals surface area contributed by atoms with Crippen molar-refractivity contribution in [3.63, 3.8) is 0 Å². The first kappa shape index (κ1) is 134. The fraction of sp³-hybridized carbons (Fsp3) is 0.465. The minimum atomic E-state index is 0.915. The predicted octanol–water partition coefficient (Wildman–Crippen LogP) is 35.9. The van der Waals surface area contributed by atoms with E-state index >= 15 is 0 Å². The van der Waals surface area contributed by atoms with Gasteiger partial charge in [0.25, 0.3) is 0 Å². The van der Waals surface area contributed by atoms with E-state index in [1.54, 1.807) is 37.2 Å². The van der Waals surface area contributed by atoms with Gasteiger partial charge >= 0.3 is 0 Å². The number of aryl methyl sites for hydroxylation is 2. The summed E-state index contributed by atoms with van der Waals surface area (Å²) in [5.74, 6) is 0. The van der Waals surface area contributed by atoms with E-state index in [0.717, 1.165) is 39.1 Å². The molecule has 606 valence electrons. The topological polar surface area (TPSA) is 90.2 Å². The molecule has 0 spiro atoms. The molecular weight excluding hydrogens is 1290 g/mol. The van der Waals surface area contributed by atoms with Crippen molar-refractivity contribution >= 4 is 54.3 Å². The van der Waals surface area contributed by atoms with E-state index in [9.17, 15) is 0 Å². The van der Waals surface area contributed by atoms with Crippen molar-refractivity contribution in [2.75, 3.05) is 0 Å². The Hall–Kier alpha value is -8.29. The number of pyridine rings is 7. The molecule has 0 N–H and O–H groups in total. The van der Waals surface area contributed by atoms with Gasteiger partial charge in [-0.3, -0.25) is 34.9 Å². The minimum absolute atomic E-state index is 0.915. The summed E-state index contributed by atoms with van der Waals surface area (Å²) >= 11 is 0. The maximum Gasteiger partial charge on any atom is 0.0886 e. The van der Waals surface area contributed by atoms with E-state index in [0.29, 0.717) is 0 Å². The Labute approximate surface area is 663 Å². The van der Waals surface area contributed by atoms with Crippen molar-refractivity contribution in [1.29, 1.82) is 0 Å². The van der Waals surface area contributed by atoms with Crippen LogP contribution in [0.15, 0.2) is 226 Å². The third-order valence-corrected chi connectivity index (χ3v) is 10.2. The van der Waals surface area contributed by atoms with Crippen LogP contribution < -0.4 is 0 Å². The van der Waals surface area contributed by atoms with Crippen molar-refractivity contribution < 1.29 is 0 Å². The van der Waals surface area contributed by atoms with Gasteiger partial charge in [-0.2, -0.15) is 0 Å². The maximum atomic E-state index is 4.19. The second kappa shape index (κ2) is 126. The molecule has 0 bridgehead atoms.